The van der Waals surface area contributed by atoms with Gasteiger partial charge in [0.15, 0.2) is 0 Å². The highest BCUT2D eigenvalue weighted by atomic mass is 35.5. The summed E-state index contributed by atoms with van der Waals surface area (Å²) >= 11 is 6.45. The molecule has 3 amide bonds. The van der Waals surface area contributed by atoms with Gasteiger partial charge in [-0.25, -0.2) is 0 Å². The Morgan fingerprint density at radius 1 is 1.09 bits per heavy atom. The van der Waals surface area contributed by atoms with Crippen molar-refractivity contribution in [2.75, 3.05) is 19.7 Å². The maximum absolute atomic E-state index is 13.4. The smallest absolute Gasteiger partial charge is 0.251 e. The molecular formula is C32H37ClN8O4. The van der Waals surface area contributed by atoms with Crippen LogP contribution in [0.1, 0.15) is 46.6 Å². The number of halogens is 1. The maximum atomic E-state index is 13.4. The van der Waals surface area contributed by atoms with E-state index in [0.717, 1.165) is 11.3 Å². The normalized spacial score (nSPS) is 16.8. The van der Waals surface area contributed by atoms with E-state index in [4.69, 9.17) is 16.3 Å². The summed E-state index contributed by atoms with van der Waals surface area (Å²) in [6.07, 6.45) is 5.27. The number of aryl methyl sites for hydroxylation is 3. The van der Waals surface area contributed by atoms with Gasteiger partial charge in [-0.05, 0) is 43.2 Å². The van der Waals surface area contributed by atoms with Crippen LogP contribution >= 0.6 is 11.6 Å². The summed E-state index contributed by atoms with van der Waals surface area (Å²) in [6, 6.07) is 15.4. The van der Waals surface area contributed by atoms with Crippen molar-refractivity contribution in [1.29, 1.82) is 0 Å². The molecule has 4 bridgehead atoms. The number of carbonyl (C=O) groups excluding carboxylic acids is 3. The van der Waals surface area contributed by atoms with Gasteiger partial charge in [-0.15, -0.1) is 5.10 Å². The minimum atomic E-state index is -0.825. The molecule has 4 heterocycles. The fourth-order valence-electron chi connectivity index (χ4n) is 5.07. The molecule has 1 atom stereocenters. The Morgan fingerprint density at radius 2 is 1.93 bits per heavy atom. The first-order valence-corrected chi connectivity index (χ1v) is 15.4. The molecule has 4 aromatic rings. The van der Waals surface area contributed by atoms with Gasteiger partial charge in [-0.3, -0.25) is 23.7 Å². The van der Waals surface area contributed by atoms with Crippen LogP contribution in [0.5, 0.6) is 5.75 Å². The zero-order chi connectivity index (χ0) is 31.6. The molecule has 0 saturated heterocycles. The van der Waals surface area contributed by atoms with E-state index in [1.807, 2.05) is 49.5 Å². The topological polar surface area (TPSA) is 136 Å². The number of amides is 3. The average Bonchev–Trinajstić information content (AvgIpc) is 3.67. The van der Waals surface area contributed by atoms with Gasteiger partial charge in [0.2, 0.25) is 11.8 Å². The molecule has 0 unspecified atom stereocenters. The molecule has 2 N–H and O–H groups in total. The number of aromatic nitrogens is 5. The van der Waals surface area contributed by atoms with Gasteiger partial charge in [0.25, 0.3) is 5.91 Å². The van der Waals surface area contributed by atoms with E-state index in [9.17, 15) is 14.4 Å². The largest absolute Gasteiger partial charge is 0.492 e. The molecule has 0 fully saturated rings. The molecule has 2 aliphatic rings. The zero-order valence-corrected chi connectivity index (χ0v) is 25.9. The van der Waals surface area contributed by atoms with Crippen LogP contribution in [0.2, 0.25) is 5.02 Å². The summed E-state index contributed by atoms with van der Waals surface area (Å²) in [4.78, 5) is 41.7. The number of carbonyl (C=O) groups is 3. The predicted molar refractivity (Wildman–Crippen MR) is 168 cm³/mol. The van der Waals surface area contributed by atoms with Crippen molar-refractivity contribution in [1.82, 2.24) is 40.3 Å². The van der Waals surface area contributed by atoms with Crippen molar-refractivity contribution in [3.8, 4) is 5.75 Å². The van der Waals surface area contributed by atoms with E-state index in [2.05, 4.69) is 26.0 Å². The monoisotopic (exact) mass is 632 g/mol. The molecule has 2 aliphatic heterocycles. The lowest BCUT2D eigenvalue weighted by Crippen LogP contribution is -2.48. The molecule has 6 rings (SSSR count). The number of nitrogens with one attached hydrogen (secondary N) is 2. The molecule has 13 heteroatoms. The van der Waals surface area contributed by atoms with E-state index in [1.54, 1.807) is 32.6 Å². The lowest BCUT2D eigenvalue weighted by Gasteiger charge is -2.23. The summed E-state index contributed by atoms with van der Waals surface area (Å²) in [5.41, 5.74) is 2.87. The summed E-state index contributed by atoms with van der Waals surface area (Å²) in [5, 5.41) is 18.9. The Bertz CT molecular complexity index is 1610. The fourth-order valence-corrected chi connectivity index (χ4v) is 5.31. The van der Waals surface area contributed by atoms with Gasteiger partial charge in [0.1, 0.15) is 17.5 Å². The van der Waals surface area contributed by atoms with Crippen LogP contribution in [0.4, 0.5) is 0 Å². The van der Waals surface area contributed by atoms with Gasteiger partial charge in [-0.2, -0.15) is 5.10 Å². The molecule has 12 nitrogen and oxygen atoms in total. The molecule has 0 spiro atoms. The number of benzene rings is 2. The summed E-state index contributed by atoms with van der Waals surface area (Å²) < 4.78 is 9.37. The van der Waals surface area contributed by atoms with Crippen molar-refractivity contribution in [3.63, 3.8) is 0 Å². The van der Waals surface area contributed by atoms with Crippen molar-refractivity contribution in [2.45, 2.75) is 58.3 Å². The number of nitrogens with zero attached hydrogens (tertiary/aromatic N) is 6. The minimum Gasteiger partial charge on any atom is -0.492 e. The summed E-state index contributed by atoms with van der Waals surface area (Å²) in [5.74, 6) is -0.333. The molecule has 236 valence electrons. The van der Waals surface area contributed by atoms with E-state index in [-0.39, 0.29) is 24.8 Å². The van der Waals surface area contributed by atoms with E-state index in [0.29, 0.717) is 74.1 Å². The van der Waals surface area contributed by atoms with E-state index >= 15 is 0 Å². The first-order chi connectivity index (χ1) is 21.9. The Hall–Kier alpha value is -4.71. The van der Waals surface area contributed by atoms with Crippen LogP contribution in [0.25, 0.3) is 0 Å². The second-order valence-corrected chi connectivity index (χ2v) is 11.3. The lowest BCUT2D eigenvalue weighted by atomic mass is 10.0. The molecular weight excluding hydrogens is 596 g/mol. The highest BCUT2D eigenvalue weighted by Gasteiger charge is 2.23. The predicted octanol–water partition coefficient (Wildman–Crippen LogP) is 3.19. The number of rotatable bonds is 5. The second-order valence-electron chi connectivity index (χ2n) is 10.9. The van der Waals surface area contributed by atoms with Crippen LogP contribution in [0.3, 0.4) is 0 Å². The fraction of sp³-hybridized carbons (Fsp3) is 0.375. The van der Waals surface area contributed by atoms with Crippen molar-refractivity contribution in [2.24, 2.45) is 0 Å². The average molecular weight is 633 g/mol. The van der Waals surface area contributed by atoms with Crippen molar-refractivity contribution >= 4 is 29.3 Å². The Morgan fingerprint density at radius 3 is 2.71 bits per heavy atom. The third-order valence-corrected chi connectivity index (χ3v) is 7.85. The third-order valence-electron chi connectivity index (χ3n) is 7.55. The summed E-state index contributed by atoms with van der Waals surface area (Å²) in [7, 11) is 0. The maximum Gasteiger partial charge on any atom is 0.251 e. The van der Waals surface area contributed by atoms with Gasteiger partial charge in [0.05, 0.1) is 24.4 Å². The number of fused-ring (bicyclic) bond motifs is 14. The second kappa shape index (κ2) is 15.3. The Labute approximate surface area is 266 Å². The van der Waals surface area contributed by atoms with Crippen LogP contribution in [-0.2, 0) is 35.6 Å². The van der Waals surface area contributed by atoms with Crippen LogP contribution in [-0.4, -0.2) is 73.1 Å². The first kappa shape index (κ1) is 31.7. The molecule has 0 aliphatic carbocycles. The molecule has 2 aromatic carbocycles. The number of hydrogen-bond donors (Lipinski definition) is 2. The van der Waals surface area contributed by atoms with Crippen LogP contribution in [0.15, 0.2) is 67.0 Å². The third kappa shape index (κ3) is 8.91. The van der Waals surface area contributed by atoms with E-state index in [1.165, 1.54) is 6.07 Å². The highest BCUT2D eigenvalue weighted by molar-refractivity contribution is 6.32. The van der Waals surface area contributed by atoms with E-state index < -0.39 is 11.9 Å². The van der Waals surface area contributed by atoms with Crippen LogP contribution in [0, 0.1) is 6.92 Å². The molecule has 0 saturated carbocycles. The van der Waals surface area contributed by atoms with Crippen LogP contribution < -0.4 is 15.4 Å². The lowest BCUT2D eigenvalue weighted by molar-refractivity contribution is -0.132. The molecule has 0 radical (unpaired) electrons. The number of hydrogen-bond acceptors (Lipinski definition) is 7. The standard InChI is InChI=1S/C32H37ClN8O4/c1-23-11-14-35-41(23)17-12-30(42)39-15-5-13-34-32(44)28(19-24-7-3-2-4-8-24)36-31(43)25-9-10-29(27(33)20-25)45-18-6-16-40-22-26(21-39)37-38-40/h2-4,7-11,14,20,22,28H,5-6,12-13,15-19,21H2,1H3,(H,34,44)(H,36,43)/t28-/m0/s1. The molecule has 2 aromatic heterocycles. The Kier molecular flexibility index (Phi) is 10.8. The minimum absolute atomic E-state index is 0.0480. The zero-order valence-electron chi connectivity index (χ0n) is 25.2. The van der Waals surface area contributed by atoms with Crippen molar-refractivity contribution in [3.05, 3.63) is 94.5 Å². The Balaban J connectivity index is 1.32. The molecule has 45 heavy (non-hydrogen) atoms. The summed E-state index contributed by atoms with van der Waals surface area (Å²) in [6.45, 7) is 4.34. The van der Waals surface area contributed by atoms with Crippen molar-refractivity contribution < 1.29 is 19.1 Å². The number of ether oxygens (including phenoxy) is 1. The van der Waals surface area contributed by atoms with Gasteiger partial charge in [-0.1, -0.05) is 47.1 Å². The first-order valence-electron chi connectivity index (χ1n) is 15.1. The highest BCUT2D eigenvalue weighted by Crippen LogP contribution is 2.26. The van der Waals surface area contributed by atoms with Gasteiger partial charge in [0, 0.05) is 62.9 Å². The SMILES string of the molecule is Cc1ccnn1CCC(=O)N1CCCNC(=O)[C@H](Cc2ccccc2)NC(=O)c2ccc(c(Cl)c2)OCCCn2cc(nn2)C1. The quantitative estimate of drug-likeness (QED) is 0.345. The van der Waals surface area contributed by atoms with Gasteiger partial charge < -0.3 is 20.3 Å². The van der Waals surface area contributed by atoms with Gasteiger partial charge >= 0.3 is 0 Å².